The average molecular weight is 193 g/mol. The third-order valence-corrected chi connectivity index (χ3v) is 2.56. The van der Waals surface area contributed by atoms with E-state index in [-0.39, 0.29) is 6.61 Å². The van der Waals surface area contributed by atoms with Crippen LogP contribution in [0.3, 0.4) is 0 Å². The minimum atomic E-state index is 0.222. The van der Waals surface area contributed by atoms with Crippen LogP contribution in [0.1, 0.15) is 24.9 Å². The molecule has 1 rings (SSSR count). The zero-order valence-corrected chi connectivity index (χ0v) is 8.98. The Kier molecular flexibility index (Phi) is 4.63. The van der Waals surface area contributed by atoms with Crippen molar-refractivity contribution in [1.82, 2.24) is 4.90 Å². The van der Waals surface area contributed by atoms with Crippen LogP contribution >= 0.6 is 0 Å². The second-order valence-corrected chi connectivity index (χ2v) is 3.54. The van der Waals surface area contributed by atoms with Gasteiger partial charge >= 0.3 is 0 Å². The van der Waals surface area contributed by atoms with Gasteiger partial charge in [-0.05, 0) is 19.0 Å². The molecule has 0 heterocycles. The van der Waals surface area contributed by atoms with Crippen LogP contribution in [0.15, 0.2) is 30.3 Å². The molecule has 0 fully saturated rings. The highest BCUT2D eigenvalue weighted by Gasteiger charge is 2.13. The van der Waals surface area contributed by atoms with Gasteiger partial charge in [-0.2, -0.15) is 0 Å². The van der Waals surface area contributed by atoms with Gasteiger partial charge in [0.05, 0.1) is 6.61 Å². The fraction of sp³-hybridized carbons (Fsp3) is 0.500. The molecule has 14 heavy (non-hydrogen) atoms. The second kappa shape index (κ2) is 5.78. The number of hydrogen-bond acceptors (Lipinski definition) is 2. The van der Waals surface area contributed by atoms with Crippen LogP contribution < -0.4 is 0 Å². The molecule has 0 aliphatic heterocycles. The number of likely N-dealkylation sites (N-methyl/N-ethyl adjacent to an activating group) is 1. The predicted octanol–water partition coefficient (Wildman–Crippen LogP) is 2.06. The molecule has 1 atom stereocenters. The Hall–Kier alpha value is -0.860. The molecule has 0 aromatic heterocycles. The van der Waals surface area contributed by atoms with Crippen LogP contribution in [0.2, 0.25) is 0 Å². The maximum absolute atomic E-state index is 8.89. The molecule has 1 unspecified atom stereocenters. The molecule has 1 N–H and O–H groups in total. The minimum Gasteiger partial charge on any atom is -0.395 e. The first-order valence-corrected chi connectivity index (χ1v) is 5.15. The summed E-state index contributed by atoms with van der Waals surface area (Å²) in [4.78, 5) is 2.19. The molecule has 2 nitrogen and oxygen atoms in total. The zero-order valence-electron chi connectivity index (χ0n) is 8.98. The Morgan fingerprint density at radius 1 is 1.29 bits per heavy atom. The monoisotopic (exact) mass is 193 g/mol. The van der Waals surface area contributed by atoms with Crippen molar-refractivity contribution in [2.24, 2.45) is 0 Å². The molecule has 0 radical (unpaired) electrons. The lowest BCUT2D eigenvalue weighted by molar-refractivity contribution is 0.177. The standard InChI is InChI=1S/C12H19NO/c1-3-12(13(2)9-10-14)11-7-5-4-6-8-11/h4-8,12,14H,3,9-10H2,1-2H3. The van der Waals surface area contributed by atoms with Crippen LogP contribution in [0.4, 0.5) is 0 Å². The van der Waals surface area contributed by atoms with Gasteiger partial charge in [0.2, 0.25) is 0 Å². The van der Waals surface area contributed by atoms with Crippen LogP contribution in [-0.4, -0.2) is 30.2 Å². The van der Waals surface area contributed by atoms with E-state index in [4.69, 9.17) is 5.11 Å². The number of aliphatic hydroxyl groups is 1. The molecule has 0 aliphatic rings. The summed E-state index contributed by atoms with van der Waals surface area (Å²) >= 11 is 0. The van der Waals surface area contributed by atoms with Gasteiger partial charge in [0, 0.05) is 12.6 Å². The van der Waals surface area contributed by atoms with E-state index in [1.54, 1.807) is 0 Å². The lowest BCUT2D eigenvalue weighted by Gasteiger charge is -2.26. The first-order chi connectivity index (χ1) is 6.79. The molecule has 0 amide bonds. The summed E-state index contributed by atoms with van der Waals surface area (Å²) in [7, 11) is 2.05. The van der Waals surface area contributed by atoms with E-state index in [9.17, 15) is 0 Å². The average Bonchev–Trinajstić information content (AvgIpc) is 2.21. The van der Waals surface area contributed by atoms with Gasteiger partial charge in [-0.25, -0.2) is 0 Å². The van der Waals surface area contributed by atoms with E-state index in [1.165, 1.54) is 5.56 Å². The van der Waals surface area contributed by atoms with Crippen molar-refractivity contribution in [2.75, 3.05) is 20.2 Å². The predicted molar refractivity (Wildman–Crippen MR) is 59.2 cm³/mol. The zero-order chi connectivity index (χ0) is 10.4. The van der Waals surface area contributed by atoms with Crippen molar-refractivity contribution >= 4 is 0 Å². The van der Waals surface area contributed by atoms with Gasteiger partial charge in [0.25, 0.3) is 0 Å². The largest absolute Gasteiger partial charge is 0.395 e. The molecule has 1 aromatic carbocycles. The Labute approximate surface area is 86.2 Å². The highest BCUT2D eigenvalue weighted by Crippen LogP contribution is 2.21. The molecule has 0 aliphatic carbocycles. The van der Waals surface area contributed by atoms with Gasteiger partial charge < -0.3 is 5.11 Å². The summed E-state index contributed by atoms with van der Waals surface area (Å²) in [6.45, 7) is 3.12. The maximum atomic E-state index is 8.89. The quantitative estimate of drug-likeness (QED) is 0.773. The van der Waals surface area contributed by atoms with Gasteiger partial charge in [-0.3, -0.25) is 4.90 Å². The smallest absolute Gasteiger partial charge is 0.0558 e. The molecule has 0 saturated heterocycles. The Balaban J connectivity index is 2.71. The van der Waals surface area contributed by atoms with Crippen molar-refractivity contribution in [3.8, 4) is 0 Å². The summed E-state index contributed by atoms with van der Waals surface area (Å²) in [6, 6.07) is 10.9. The van der Waals surface area contributed by atoms with Crippen molar-refractivity contribution in [3.05, 3.63) is 35.9 Å². The summed E-state index contributed by atoms with van der Waals surface area (Å²) in [6.07, 6.45) is 1.07. The Morgan fingerprint density at radius 2 is 1.93 bits per heavy atom. The summed E-state index contributed by atoms with van der Waals surface area (Å²) < 4.78 is 0. The van der Waals surface area contributed by atoms with Crippen molar-refractivity contribution in [3.63, 3.8) is 0 Å². The van der Waals surface area contributed by atoms with Gasteiger partial charge in [-0.15, -0.1) is 0 Å². The van der Waals surface area contributed by atoms with Crippen molar-refractivity contribution in [1.29, 1.82) is 0 Å². The van der Waals surface area contributed by atoms with Crippen LogP contribution in [0.25, 0.3) is 0 Å². The van der Waals surface area contributed by atoms with Gasteiger partial charge in [0.15, 0.2) is 0 Å². The number of hydrogen-bond donors (Lipinski definition) is 1. The Morgan fingerprint density at radius 3 is 2.43 bits per heavy atom. The molecule has 78 valence electrons. The second-order valence-electron chi connectivity index (χ2n) is 3.54. The Bertz CT molecular complexity index is 248. The molecular weight excluding hydrogens is 174 g/mol. The van der Waals surface area contributed by atoms with E-state index in [2.05, 4.69) is 43.1 Å². The maximum Gasteiger partial charge on any atom is 0.0558 e. The summed E-state index contributed by atoms with van der Waals surface area (Å²) in [5.41, 5.74) is 1.32. The van der Waals surface area contributed by atoms with E-state index in [0.29, 0.717) is 6.04 Å². The van der Waals surface area contributed by atoms with Gasteiger partial charge in [-0.1, -0.05) is 37.3 Å². The first-order valence-electron chi connectivity index (χ1n) is 5.15. The molecule has 1 aromatic rings. The molecule has 0 spiro atoms. The van der Waals surface area contributed by atoms with Crippen molar-refractivity contribution < 1.29 is 5.11 Å². The highest BCUT2D eigenvalue weighted by atomic mass is 16.3. The topological polar surface area (TPSA) is 23.5 Å². The SMILES string of the molecule is CCC(c1ccccc1)N(C)CCO. The van der Waals surface area contributed by atoms with E-state index in [1.807, 2.05) is 6.07 Å². The third-order valence-electron chi connectivity index (χ3n) is 2.56. The van der Waals surface area contributed by atoms with E-state index >= 15 is 0 Å². The number of aliphatic hydroxyl groups excluding tert-OH is 1. The molecular formula is C12H19NO. The van der Waals surface area contributed by atoms with E-state index < -0.39 is 0 Å². The number of nitrogens with zero attached hydrogens (tertiary/aromatic N) is 1. The van der Waals surface area contributed by atoms with Crippen LogP contribution in [0.5, 0.6) is 0 Å². The van der Waals surface area contributed by atoms with Crippen LogP contribution in [-0.2, 0) is 0 Å². The van der Waals surface area contributed by atoms with E-state index in [0.717, 1.165) is 13.0 Å². The minimum absolute atomic E-state index is 0.222. The first kappa shape index (κ1) is 11.2. The fourth-order valence-corrected chi connectivity index (χ4v) is 1.79. The van der Waals surface area contributed by atoms with Gasteiger partial charge in [0.1, 0.15) is 0 Å². The number of rotatable bonds is 5. The van der Waals surface area contributed by atoms with Crippen molar-refractivity contribution in [2.45, 2.75) is 19.4 Å². The molecule has 0 bridgehead atoms. The highest BCUT2D eigenvalue weighted by molar-refractivity contribution is 5.18. The molecule has 2 heteroatoms. The van der Waals surface area contributed by atoms with Crippen LogP contribution in [0, 0.1) is 0 Å². The molecule has 0 saturated carbocycles. The third kappa shape index (κ3) is 2.82. The lowest BCUT2D eigenvalue weighted by Crippen LogP contribution is -2.27. The number of benzene rings is 1. The summed E-state index contributed by atoms with van der Waals surface area (Å²) in [5, 5.41) is 8.89. The summed E-state index contributed by atoms with van der Waals surface area (Å²) in [5.74, 6) is 0. The normalized spacial score (nSPS) is 13.1. The fourth-order valence-electron chi connectivity index (χ4n) is 1.79. The lowest BCUT2D eigenvalue weighted by atomic mass is 10.0.